The van der Waals surface area contributed by atoms with E-state index in [4.69, 9.17) is 4.74 Å². The van der Waals surface area contributed by atoms with E-state index in [0.29, 0.717) is 25.4 Å². The number of ether oxygens (including phenoxy) is 1. The summed E-state index contributed by atoms with van der Waals surface area (Å²) < 4.78 is 7.74. The number of carbonyl (C=O) groups is 2. The highest BCUT2D eigenvalue weighted by Gasteiger charge is 2.48. The Balaban J connectivity index is 1.48. The summed E-state index contributed by atoms with van der Waals surface area (Å²) in [5, 5.41) is 4.32. The molecule has 1 saturated carbocycles. The maximum absolute atomic E-state index is 13.9. The molecule has 2 aromatic carbocycles. The Morgan fingerprint density at radius 3 is 2.57 bits per heavy atom. The number of aromatic nitrogens is 1. The Labute approximate surface area is 207 Å². The lowest BCUT2D eigenvalue weighted by Crippen LogP contribution is -2.64. The molecule has 2 aliphatic rings. The lowest BCUT2D eigenvalue weighted by atomic mass is 9.91. The van der Waals surface area contributed by atoms with Gasteiger partial charge in [0.2, 0.25) is 5.91 Å². The lowest BCUT2D eigenvalue weighted by Gasteiger charge is -2.45. The molecular weight excluding hydrogens is 438 g/mol. The van der Waals surface area contributed by atoms with E-state index in [1.54, 1.807) is 4.90 Å². The molecule has 1 N–H and O–H groups in total. The van der Waals surface area contributed by atoms with E-state index in [9.17, 15) is 9.59 Å². The fourth-order valence-electron chi connectivity index (χ4n) is 5.44. The van der Waals surface area contributed by atoms with Gasteiger partial charge in [-0.25, -0.2) is 0 Å². The number of rotatable bonds is 7. The van der Waals surface area contributed by atoms with Gasteiger partial charge in [-0.05, 0) is 56.0 Å². The largest absolute Gasteiger partial charge is 0.494 e. The van der Waals surface area contributed by atoms with E-state index >= 15 is 0 Å². The fourth-order valence-corrected chi connectivity index (χ4v) is 5.44. The summed E-state index contributed by atoms with van der Waals surface area (Å²) in [7, 11) is 0. The number of hydrogen-bond donors (Lipinski definition) is 1. The molecule has 35 heavy (non-hydrogen) atoms. The van der Waals surface area contributed by atoms with Gasteiger partial charge in [0.05, 0.1) is 13.2 Å². The zero-order chi connectivity index (χ0) is 24.4. The smallest absolute Gasteiger partial charge is 0.271 e. The minimum atomic E-state index is -0.999. The zero-order valence-electron chi connectivity index (χ0n) is 20.8. The van der Waals surface area contributed by atoms with Crippen LogP contribution in [0.3, 0.4) is 0 Å². The van der Waals surface area contributed by atoms with Crippen molar-refractivity contribution in [2.24, 2.45) is 0 Å². The number of amides is 2. The molecule has 1 aliphatic carbocycles. The summed E-state index contributed by atoms with van der Waals surface area (Å²) in [5.41, 5.74) is 1.60. The average molecular weight is 474 g/mol. The summed E-state index contributed by atoms with van der Waals surface area (Å²) in [6, 6.07) is 18.0. The average Bonchev–Trinajstić information content (AvgIpc) is 3.25. The molecule has 2 amide bonds. The second-order valence-corrected chi connectivity index (χ2v) is 10.1. The Morgan fingerprint density at radius 1 is 1.09 bits per heavy atom. The third-order valence-electron chi connectivity index (χ3n) is 7.50. The molecule has 0 spiro atoms. The Hall–Kier alpha value is -3.28. The Morgan fingerprint density at radius 2 is 1.83 bits per heavy atom. The molecule has 6 nitrogen and oxygen atoms in total. The normalized spacial score (nSPS) is 20.6. The van der Waals surface area contributed by atoms with E-state index < -0.39 is 5.54 Å². The summed E-state index contributed by atoms with van der Waals surface area (Å²) >= 11 is 0. The van der Waals surface area contributed by atoms with Crippen LogP contribution >= 0.6 is 0 Å². The molecule has 5 rings (SSSR count). The first kappa shape index (κ1) is 23.5. The van der Waals surface area contributed by atoms with Crippen LogP contribution in [0.25, 0.3) is 10.9 Å². The molecule has 184 valence electrons. The van der Waals surface area contributed by atoms with Crippen LogP contribution in [0, 0.1) is 0 Å². The van der Waals surface area contributed by atoms with Gasteiger partial charge in [0.15, 0.2) is 0 Å². The maximum atomic E-state index is 13.9. The molecule has 0 saturated heterocycles. The van der Waals surface area contributed by atoms with Crippen molar-refractivity contribution in [2.45, 2.75) is 77.0 Å². The van der Waals surface area contributed by atoms with Crippen LogP contribution in [0.5, 0.6) is 5.75 Å². The second kappa shape index (κ2) is 9.76. The first-order valence-electron chi connectivity index (χ1n) is 12.9. The van der Waals surface area contributed by atoms with Gasteiger partial charge in [-0.1, -0.05) is 56.5 Å². The molecule has 1 fully saturated rings. The van der Waals surface area contributed by atoms with Gasteiger partial charge in [0, 0.05) is 23.5 Å². The highest BCUT2D eigenvalue weighted by atomic mass is 16.5. The van der Waals surface area contributed by atoms with Gasteiger partial charge in [-0.15, -0.1) is 0 Å². The van der Waals surface area contributed by atoms with Crippen molar-refractivity contribution in [3.05, 3.63) is 65.9 Å². The molecule has 3 aromatic rings. The number of para-hydroxylation sites is 1. The second-order valence-electron chi connectivity index (χ2n) is 10.1. The Bertz CT molecular complexity index is 1210. The molecule has 1 aromatic heterocycles. The molecule has 1 atom stereocenters. The number of carbonyl (C=O) groups excluding carboxylic acids is 2. The van der Waals surface area contributed by atoms with Crippen LogP contribution in [0.2, 0.25) is 0 Å². The standard InChI is InChI=1S/C29H35N3O3/c1-3-17-35-24-15-13-21(14-16-24)19-32-27(33)26-18-22-9-7-8-12-25(22)31(26)20-29(32,2)28(34)30-23-10-5-4-6-11-23/h7-9,12-16,18,23H,3-6,10-11,17,19-20H2,1-2H3,(H,30,34). The number of hydrogen-bond acceptors (Lipinski definition) is 3. The minimum Gasteiger partial charge on any atom is -0.494 e. The molecular formula is C29H35N3O3. The molecule has 0 radical (unpaired) electrons. The van der Waals surface area contributed by atoms with Crippen LogP contribution < -0.4 is 10.1 Å². The quantitative estimate of drug-likeness (QED) is 0.507. The molecule has 2 heterocycles. The fraction of sp³-hybridized carbons (Fsp3) is 0.448. The maximum Gasteiger partial charge on any atom is 0.271 e. The first-order chi connectivity index (χ1) is 17.0. The van der Waals surface area contributed by atoms with Crippen molar-refractivity contribution >= 4 is 22.7 Å². The minimum absolute atomic E-state index is 0.0657. The van der Waals surface area contributed by atoms with Crippen LogP contribution in [0.4, 0.5) is 0 Å². The van der Waals surface area contributed by atoms with Gasteiger partial charge < -0.3 is 19.5 Å². The van der Waals surface area contributed by atoms with Crippen molar-refractivity contribution < 1.29 is 14.3 Å². The van der Waals surface area contributed by atoms with Gasteiger partial charge in [0.1, 0.15) is 17.0 Å². The van der Waals surface area contributed by atoms with Crippen LogP contribution in [0.1, 0.15) is 68.4 Å². The third-order valence-corrected chi connectivity index (χ3v) is 7.50. The molecule has 6 heteroatoms. The predicted molar refractivity (Wildman–Crippen MR) is 137 cm³/mol. The summed E-state index contributed by atoms with van der Waals surface area (Å²) in [6.45, 7) is 5.46. The summed E-state index contributed by atoms with van der Waals surface area (Å²) in [4.78, 5) is 29.5. The SMILES string of the molecule is CCCOc1ccc(CN2C(=O)c3cc4ccccc4n3CC2(C)C(=O)NC2CCCCC2)cc1. The van der Waals surface area contributed by atoms with Gasteiger partial charge >= 0.3 is 0 Å². The van der Waals surface area contributed by atoms with Gasteiger partial charge in [0.25, 0.3) is 5.91 Å². The van der Waals surface area contributed by atoms with Crippen molar-refractivity contribution in [3.8, 4) is 5.75 Å². The lowest BCUT2D eigenvalue weighted by molar-refractivity contribution is -0.134. The predicted octanol–water partition coefficient (Wildman–Crippen LogP) is 5.29. The van der Waals surface area contributed by atoms with Crippen molar-refractivity contribution in [1.82, 2.24) is 14.8 Å². The number of benzene rings is 2. The van der Waals surface area contributed by atoms with Crippen molar-refractivity contribution in [1.29, 1.82) is 0 Å². The summed E-state index contributed by atoms with van der Waals surface area (Å²) in [5.74, 6) is 0.641. The molecule has 1 unspecified atom stereocenters. The van der Waals surface area contributed by atoms with Crippen LogP contribution in [0.15, 0.2) is 54.6 Å². The number of fused-ring (bicyclic) bond motifs is 3. The zero-order valence-corrected chi connectivity index (χ0v) is 20.8. The van der Waals surface area contributed by atoms with E-state index in [1.807, 2.05) is 66.1 Å². The van der Waals surface area contributed by atoms with E-state index in [1.165, 1.54) is 6.42 Å². The van der Waals surface area contributed by atoms with E-state index in [-0.39, 0.29) is 17.9 Å². The number of nitrogens with one attached hydrogen (secondary N) is 1. The highest BCUT2D eigenvalue weighted by molar-refractivity contribution is 6.03. The van der Waals surface area contributed by atoms with Crippen LogP contribution in [-0.4, -0.2) is 39.5 Å². The topological polar surface area (TPSA) is 63.6 Å². The first-order valence-corrected chi connectivity index (χ1v) is 12.9. The third kappa shape index (κ3) is 4.54. The van der Waals surface area contributed by atoms with Crippen molar-refractivity contribution in [3.63, 3.8) is 0 Å². The van der Waals surface area contributed by atoms with E-state index in [2.05, 4.69) is 12.2 Å². The van der Waals surface area contributed by atoms with Crippen molar-refractivity contribution in [2.75, 3.05) is 6.61 Å². The monoisotopic (exact) mass is 473 g/mol. The van der Waals surface area contributed by atoms with E-state index in [0.717, 1.165) is 54.3 Å². The number of nitrogens with zero attached hydrogens (tertiary/aromatic N) is 2. The highest BCUT2D eigenvalue weighted by Crippen LogP contribution is 2.34. The van der Waals surface area contributed by atoms with Crippen LogP contribution in [-0.2, 0) is 17.9 Å². The van der Waals surface area contributed by atoms with Gasteiger partial charge in [-0.3, -0.25) is 9.59 Å². The summed E-state index contributed by atoms with van der Waals surface area (Å²) in [6.07, 6.45) is 6.48. The molecule has 1 aliphatic heterocycles. The van der Waals surface area contributed by atoms with Gasteiger partial charge in [-0.2, -0.15) is 0 Å². The molecule has 0 bridgehead atoms. The Kier molecular flexibility index (Phi) is 6.54.